The molecule has 0 aliphatic heterocycles. The van der Waals surface area contributed by atoms with Crippen LogP contribution >= 0.6 is 0 Å². The minimum absolute atomic E-state index is 0.295. The Balaban J connectivity index is 1.89. The third kappa shape index (κ3) is 12.8. The van der Waals surface area contributed by atoms with Gasteiger partial charge < -0.3 is 9.84 Å². The Morgan fingerprint density at radius 3 is 1.90 bits per heavy atom. The number of unbranched alkanes of at least 4 members (excludes halogenated alkanes) is 11. The first-order valence-corrected chi connectivity index (χ1v) is 12.2. The van der Waals surface area contributed by atoms with Crippen molar-refractivity contribution in [2.75, 3.05) is 6.61 Å². The van der Waals surface area contributed by atoms with Crippen molar-refractivity contribution in [1.29, 1.82) is 0 Å². The van der Waals surface area contributed by atoms with Crippen LogP contribution in [0.2, 0.25) is 0 Å². The molecule has 168 valence electrons. The summed E-state index contributed by atoms with van der Waals surface area (Å²) in [4.78, 5) is 23.5. The fraction of sp³-hybridized carbons (Fsp3) is 0.840. The third-order valence-corrected chi connectivity index (χ3v) is 6.04. The average Bonchev–Trinajstić information content (AvgIpc) is 2.73. The number of rotatable bonds is 17. The zero-order chi connectivity index (χ0) is 21.2. The van der Waals surface area contributed by atoms with Gasteiger partial charge in [0.25, 0.3) is 0 Å². The van der Waals surface area contributed by atoms with Crippen LogP contribution in [0, 0.1) is 11.8 Å². The third-order valence-electron chi connectivity index (χ3n) is 6.04. The monoisotopic (exact) mass is 408 g/mol. The fourth-order valence-corrected chi connectivity index (χ4v) is 4.16. The molecule has 0 heterocycles. The number of hydrogen-bond acceptors (Lipinski definition) is 3. The summed E-state index contributed by atoms with van der Waals surface area (Å²) in [5.74, 6) is -2.13. The number of aliphatic carboxylic acids is 1. The highest BCUT2D eigenvalue weighted by atomic mass is 16.5. The van der Waals surface area contributed by atoms with Crippen molar-refractivity contribution in [3.05, 3.63) is 12.2 Å². The molecule has 0 amide bonds. The molecular weight excluding hydrogens is 364 g/mol. The van der Waals surface area contributed by atoms with Gasteiger partial charge >= 0.3 is 11.9 Å². The number of allylic oxidation sites excluding steroid dienone is 2. The molecule has 0 bridgehead atoms. The van der Waals surface area contributed by atoms with Crippen LogP contribution in [-0.2, 0) is 14.3 Å². The van der Waals surface area contributed by atoms with Crippen molar-refractivity contribution in [3.63, 3.8) is 0 Å². The Morgan fingerprint density at radius 1 is 0.793 bits per heavy atom. The van der Waals surface area contributed by atoms with Gasteiger partial charge in [0.15, 0.2) is 0 Å². The molecule has 2 atom stereocenters. The molecular formula is C25H44O4. The molecule has 0 aromatic heterocycles. The summed E-state index contributed by atoms with van der Waals surface area (Å²) in [5, 5.41) is 9.26. The van der Waals surface area contributed by atoms with Crippen molar-refractivity contribution < 1.29 is 19.4 Å². The van der Waals surface area contributed by atoms with E-state index in [1.807, 2.05) is 0 Å². The van der Waals surface area contributed by atoms with E-state index in [2.05, 4.69) is 19.1 Å². The summed E-state index contributed by atoms with van der Waals surface area (Å²) < 4.78 is 5.37. The Labute approximate surface area is 178 Å². The molecule has 1 fully saturated rings. The topological polar surface area (TPSA) is 63.6 Å². The molecule has 0 aromatic carbocycles. The highest BCUT2D eigenvalue weighted by molar-refractivity contribution is 5.81. The number of carbonyl (C=O) groups is 2. The van der Waals surface area contributed by atoms with E-state index in [-0.39, 0.29) is 5.97 Å². The number of carbonyl (C=O) groups excluding carboxylic acids is 1. The quantitative estimate of drug-likeness (QED) is 0.159. The SMILES string of the molecule is CCCCC/C=C/CCCCCCCCCCOC(=O)C1CCCCC1C(=O)O. The number of esters is 1. The lowest BCUT2D eigenvalue weighted by atomic mass is 9.79. The first-order valence-electron chi connectivity index (χ1n) is 12.2. The number of hydrogen-bond donors (Lipinski definition) is 1. The van der Waals surface area contributed by atoms with Gasteiger partial charge in [-0.2, -0.15) is 0 Å². The highest BCUT2D eigenvalue weighted by Gasteiger charge is 2.36. The van der Waals surface area contributed by atoms with Gasteiger partial charge in [0, 0.05) is 0 Å². The van der Waals surface area contributed by atoms with Crippen LogP contribution in [0.4, 0.5) is 0 Å². The van der Waals surface area contributed by atoms with E-state index in [4.69, 9.17) is 4.74 Å². The Kier molecular flexibility index (Phi) is 15.5. The smallest absolute Gasteiger partial charge is 0.309 e. The molecule has 29 heavy (non-hydrogen) atoms. The maximum atomic E-state index is 12.2. The molecule has 0 radical (unpaired) electrons. The highest BCUT2D eigenvalue weighted by Crippen LogP contribution is 2.31. The zero-order valence-corrected chi connectivity index (χ0v) is 18.7. The van der Waals surface area contributed by atoms with E-state index in [1.54, 1.807) is 0 Å². The second kappa shape index (κ2) is 17.5. The van der Waals surface area contributed by atoms with Crippen LogP contribution in [-0.4, -0.2) is 23.7 Å². The van der Waals surface area contributed by atoms with E-state index in [0.29, 0.717) is 19.4 Å². The predicted octanol–water partition coefficient (Wildman–Crippen LogP) is 7.07. The summed E-state index contributed by atoms with van der Waals surface area (Å²) in [5.41, 5.74) is 0. The van der Waals surface area contributed by atoms with Crippen molar-refractivity contribution in [1.82, 2.24) is 0 Å². The lowest BCUT2D eigenvalue weighted by Crippen LogP contribution is -2.33. The summed E-state index contributed by atoms with van der Waals surface area (Å²) in [6.45, 7) is 2.68. The molecule has 0 spiro atoms. The van der Waals surface area contributed by atoms with Crippen LogP contribution in [0.15, 0.2) is 12.2 Å². The summed E-state index contributed by atoms with van der Waals surface area (Å²) in [7, 11) is 0. The average molecular weight is 409 g/mol. The van der Waals surface area contributed by atoms with E-state index in [1.165, 1.54) is 70.6 Å². The molecule has 4 heteroatoms. The first-order chi connectivity index (χ1) is 14.2. The second-order valence-corrected chi connectivity index (χ2v) is 8.59. The van der Waals surface area contributed by atoms with Gasteiger partial charge in [-0.1, -0.05) is 83.3 Å². The van der Waals surface area contributed by atoms with E-state index in [9.17, 15) is 14.7 Å². The molecule has 1 saturated carbocycles. The van der Waals surface area contributed by atoms with Crippen LogP contribution in [0.5, 0.6) is 0 Å². The van der Waals surface area contributed by atoms with Gasteiger partial charge in [-0.3, -0.25) is 9.59 Å². The number of ether oxygens (including phenoxy) is 1. The molecule has 1 N–H and O–H groups in total. The minimum atomic E-state index is -0.852. The maximum absolute atomic E-state index is 12.2. The van der Waals surface area contributed by atoms with E-state index < -0.39 is 17.8 Å². The molecule has 1 aliphatic carbocycles. The van der Waals surface area contributed by atoms with Gasteiger partial charge in [-0.05, 0) is 44.9 Å². The largest absolute Gasteiger partial charge is 0.481 e. The van der Waals surface area contributed by atoms with Gasteiger partial charge in [-0.15, -0.1) is 0 Å². The van der Waals surface area contributed by atoms with E-state index >= 15 is 0 Å². The zero-order valence-electron chi connectivity index (χ0n) is 18.7. The fourth-order valence-electron chi connectivity index (χ4n) is 4.16. The lowest BCUT2D eigenvalue weighted by Gasteiger charge is -2.26. The Hall–Kier alpha value is -1.32. The molecule has 0 aromatic rings. The first kappa shape index (κ1) is 25.7. The standard InChI is InChI=1S/C25H44O4/c1-2-3-4-5-6-7-8-9-10-11-12-13-14-15-18-21-29-25(28)23-20-17-16-19-22(23)24(26)27/h6-7,22-23H,2-5,8-21H2,1H3,(H,26,27)/b7-6+. The van der Waals surface area contributed by atoms with Crippen LogP contribution in [0.1, 0.15) is 116 Å². The van der Waals surface area contributed by atoms with Crippen LogP contribution in [0.3, 0.4) is 0 Å². The minimum Gasteiger partial charge on any atom is -0.481 e. The maximum Gasteiger partial charge on any atom is 0.309 e. The van der Waals surface area contributed by atoms with Crippen molar-refractivity contribution in [2.24, 2.45) is 11.8 Å². The van der Waals surface area contributed by atoms with E-state index in [0.717, 1.165) is 25.7 Å². The number of carboxylic acids is 1. The van der Waals surface area contributed by atoms with Crippen molar-refractivity contribution in [3.8, 4) is 0 Å². The molecule has 1 rings (SSSR count). The normalized spacial score (nSPS) is 19.5. The molecule has 1 aliphatic rings. The summed E-state index contributed by atoms with van der Waals surface area (Å²) in [6.07, 6.45) is 23.9. The number of carboxylic acid groups (broad SMARTS) is 1. The summed E-state index contributed by atoms with van der Waals surface area (Å²) in [6, 6.07) is 0. The van der Waals surface area contributed by atoms with Gasteiger partial charge in [0.05, 0.1) is 18.4 Å². The predicted molar refractivity (Wildman–Crippen MR) is 119 cm³/mol. The molecule has 2 unspecified atom stereocenters. The van der Waals surface area contributed by atoms with Gasteiger partial charge in [-0.25, -0.2) is 0 Å². The Bertz CT molecular complexity index is 458. The summed E-state index contributed by atoms with van der Waals surface area (Å²) >= 11 is 0. The van der Waals surface area contributed by atoms with Gasteiger partial charge in [0.2, 0.25) is 0 Å². The van der Waals surface area contributed by atoms with Crippen LogP contribution in [0.25, 0.3) is 0 Å². The van der Waals surface area contributed by atoms with Gasteiger partial charge in [0.1, 0.15) is 0 Å². The second-order valence-electron chi connectivity index (χ2n) is 8.59. The lowest BCUT2D eigenvalue weighted by molar-refractivity contribution is -0.159. The molecule has 4 nitrogen and oxygen atoms in total. The molecule has 0 saturated heterocycles. The Morgan fingerprint density at radius 2 is 1.31 bits per heavy atom. The van der Waals surface area contributed by atoms with Crippen molar-refractivity contribution in [2.45, 2.75) is 116 Å². The van der Waals surface area contributed by atoms with Crippen LogP contribution < -0.4 is 0 Å². The van der Waals surface area contributed by atoms with Crippen molar-refractivity contribution >= 4 is 11.9 Å².